The van der Waals surface area contributed by atoms with Gasteiger partial charge in [-0.3, -0.25) is 0 Å². The molecule has 0 spiro atoms. The first-order chi connectivity index (χ1) is 8.70. The molecule has 0 aliphatic rings. The summed E-state index contributed by atoms with van der Waals surface area (Å²) < 4.78 is 0. The van der Waals surface area contributed by atoms with E-state index in [-0.39, 0.29) is 0 Å². The van der Waals surface area contributed by atoms with Crippen LogP contribution in [0.25, 0.3) is 0 Å². The zero-order valence-electron chi connectivity index (χ0n) is 11.4. The Labute approximate surface area is 114 Å². The Morgan fingerprint density at radius 3 is 2.50 bits per heavy atom. The van der Waals surface area contributed by atoms with Gasteiger partial charge in [-0.15, -0.1) is 11.3 Å². The third-order valence-corrected chi connectivity index (χ3v) is 4.53. The molecule has 0 radical (unpaired) electrons. The van der Waals surface area contributed by atoms with E-state index in [1.165, 1.54) is 20.9 Å². The Balaban J connectivity index is 1.96. The first-order valence-electron chi connectivity index (χ1n) is 6.57. The smallest absolute Gasteiger partial charge is 0.0305 e. The summed E-state index contributed by atoms with van der Waals surface area (Å²) in [6.45, 7) is 7.57. The summed E-state index contributed by atoms with van der Waals surface area (Å²) in [5.41, 5.74) is 2.75. The van der Waals surface area contributed by atoms with Crippen molar-refractivity contribution in [1.82, 2.24) is 5.32 Å². The third kappa shape index (κ3) is 3.21. The van der Waals surface area contributed by atoms with Crippen molar-refractivity contribution < 1.29 is 0 Å². The molecule has 0 saturated heterocycles. The number of hydrogen-bond donors (Lipinski definition) is 1. The van der Waals surface area contributed by atoms with Crippen molar-refractivity contribution in [2.45, 2.75) is 39.8 Å². The largest absolute Gasteiger partial charge is 0.305 e. The maximum absolute atomic E-state index is 3.60. The summed E-state index contributed by atoms with van der Waals surface area (Å²) in [7, 11) is 0. The Hall–Kier alpha value is -1.12. The number of aryl methyl sites for hydroxylation is 2. The van der Waals surface area contributed by atoms with Gasteiger partial charge in [0.2, 0.25) is 0 Å². The lowest BCUT2D eigenvalue weighted by Gasteiger charge is -2.15. The van der Waals surface area contributed by atoms with Crippen molar-refractivity contribution >= 4 is 11.3 Å². The average Bonchev–Trinajstić information content (AvgIpc) is 2.84. The summed E-state index contributed by atoms with van der Waals surface area (Å²) in [5, 5.41) is 3.60. The highest BCUT2D eigenvalue weighted by Crippen LogP contribution is 2.20. The Kier molecular flexibility index (Phi) is 4.56. The predicted octanol–water partition coefficient (Wildman–Crippen LogP) is 4.47. The van der Waals surface area contributed by atoms with E-state index in [1.807, 2.05) is 11.3 Å². The summed E-state index contributed by atoms with van der Waals surface area (Å²) >= 11 is 1.91. The minimum absolute atomic E-state index is 0.401. The molecular formula is C16H21NS. The highest BCUT2D eigenvalue weighted by atomic mass is 32.1. The first kappa shape index (κ1) is 13.3. The zero-order valence-corrected chi connectivity index (χ0v) is 12.2. The van der Waals surface area contributed by atoms with Crippen LogP contribution in [0.1, 0.15) is 40.8 Å². The number of rotatable bonds is 5. The Morgan fingerprint density at radius 2 is 1.83 bits per heavy atom. The van der Waals surface area contributed by atoms with E-state index in [9.17, 15) is 0 Å². The van der Waals surface area contributed by atoms with Crippen LogP contribution in [0.15, 0.2) is 36.4 Å². The fourth-order valence-electron chi connectivity index (χ4n) is 2.14. The molecule has 2 heteroatoms. The molecule has 0 bridgehead atoms. The second-order valence-corrected chi connectivity index (χ2v) is 5.93. The van der Waals surface area contributed by atoms with Gasteiger partial charge in [0.05, 0.1) is 0 Å². The van der Waals surface area contributed by atoms with Gasteiger partial charge in [0, 0.05) is 22.3 Å². The van der Waals surface area contributed by atoms with Gasteiger partial charge in [-0.1, -0.05) is 31.2 Å². The van der Waals surface area contributed by atoms with Crippen molar-refractivity contribution in [3.05, 3.63) is 57.3 Å². The summed E-state index contributed by atoms with van der Waals surface area (Å²) in [6.07, 6.45) is 1.14. The van der Waals surface area contributed by atoms with Crippen molar-refractivity contribution in [3.8, 4) is 0 Å². The lowest BCUT2D eigenvalue weighted by molar-refractivity contribution is 0.576. The fourth-order valence-corrected chi connectivity index (χ4v) is 3.05. The van der Waals surface area contributed by atoms with Gasteiger partial charge in [0.1, 0.15) is 0 Å². The van der Waals surface area contributed by atoms with E-state index in [0.29, 0.717) is 6.04 Å². The normalized spacial score (nSPS) is 12.6. The standard InChI is InChI=1S/C16H21NS/c1-4-14-9-10-15(18-14)11-17-13(3)16-8-6-5-7-12(16)2/h5-10,13,17H,4,11H2,1-3H3/t13-/m0/s1. The van der Waals surface area contributed by atoms with Crippen LogP contribution < -0.4 is 5.32 Å². The van der Waals surface area contributed by atoms with Crippen LogP contribution in [0.5, 0.6) is 0 Å². The van der Waals surface area contributed by atoms with Crippen LogP contribution in [-0.2, 0) is 13.0 Å². The molecule has 96 valence electrons. The predicted molar refractivity (Wildman–Crippen MR) is 80.1 cm³/mol. The Bertz CT molecular complexity index is 501. The molecule has 1 N–H and O–H groups in total. The van der Waals surface area contributed by atoms with E-state index in [4.69, 9.17) is 0 Å². The fraction of sp³-hybridized carbons (Fsp3) is 0.375. The quantitative estimate of drug-likeness (QED) is 0.835. The van der Waals surface area contributed by atoms with E-state index in [2.05, 4.69) is 62.5 Å². The lowest BCUT2D eigenvalue weighted by atomic mass is 10.0. The molecule has 2 aromatic rings. The second-order valence-electron chi connectivity index (χ2n) is 4.68. The van der Waals surface area contributed by atoms with Gasteiger partial charge in [0.15, 0.2) is 0 Å². The summed E-state index contributed by atoms with van der Waals surface area (Å²) in [5.74, 6) is 0. The molecule has 0 aliphatic carbocycles. The molecule has 0 fully saturated rings. The van der Waals surface area contributed by atoms with Crippen LogP contribution in [-0.4, -0.2) is 0 Å². The topological polar surface area (TPSA) is 12.0 Å². The average molecular weight is 259 g/mol. The van der Waals surface area contributed by atoms with Gasteiger partial charge in [-0.05, 0) is 43.5 Å². The molecule has 0 amide bonds. The molecule has 2 rings (SSSR count). The first-order valence-corrected chi connectivity index (χ1v) is 7.39. The molecule has 0 saturated carbocycles. The van der Waals surface area contributed by atoms with Crippen molar-refractivity contribution in [2.24, 2.45) is 0 Å². The molecule has 1 aromatic heterocycles. The Morgan fingerprint density at radius 1 is 1.11 bits per heavy atom. The van der Waals surface area contributed by atoms with E-state index >= 15 is 0 Å². The summed E-state index contributed by atoms with van der Waals surface area (Å²) in [4.78, 5) is 2.89. The summed E-state index contributed by atoms with van der Waals surface area (Å²) in [6, 6.07) is 13.5. The molecule has 1 heterocycles. The highest BCUT2D eigenvalue weighted by Gasteiger charge is 2.07. The molecule has 1 nitrogen and oxygen atoms in total. The zero-order chi connectivity index (χ0) is 13.0. The third-order valence-electron chi connectivity index (χ3n) is 3.30. The maximum Gasteiger partial charge on any atom is 0.0305 e. The number of nitrogens with one attached hydrogen (secondary N) is 1. The van der Waals surface area contributed by atoms with E-state index < -0.39 is 0 Å². The van der Waals surface area contributed by atoms with Crippen molar-refractivity contribution in [2.75, 3.05) is 0 Å². The minimum Gasteiger partial charge on any atom is -0.305 e. The molecule has 1 aromatic carbocycles. The van der Waals surface area contributed by atoms with Gasteiger partial charge >= 0.3 is 0 Å². The van der Waals surface area contributed by atoms with Crippen LogP contribution in [0.4, 0.5) is 0 Å². The molecule has 18 heavy (non-hydrogen) atoms. The molecule has 1 atom stereocenters. The van der Waals surface area contributed by atoms with Crippen LogP contribution in [0.2, 0.25) is 0 Å². The number of benzene rings is 1. The number of thiophene rings is 1. The van der Waals surface area contributed by atoms with Crippen LogP contribution in [0, 0.1) is 6.92 Å². The molecule has 0 aliphatic heterocycles. The number of hydrogen-bond acceptors (Lipinski definition) is 2. The van der Waals surface area contributed by atoms with Gasteiger partial charge in [-0.25, -0.2) is 0 Å². The highest BCUT2D eigenvalue weighted by molar-refractivity contribution is 7.11. The van der Waals surface area contributed by atoms with E-state index in [1.54, 1.807) is 0 Å². The molecular weight excluding hydrogens is 238 g/mol. The van der Waals surface area contributed by atoms with Gasteiger partial charge < -0.3 is 5.32 Å². The monoisotopic (exact) mass is 259 g/mol. The lowest BCUT2D eigenvalue weighted by Crippen LogP contribution is -2.18. The second kappa shape index (κ2) is 6.17. The van der Waals surface area contributed by atoms with Gasteiger partial charge in [-0.2, -0.15) is 0 Å². The molecule has 0 unspecified atom stereocenters. The van der Waals surface area contributed by atoms with Crippen LogP contribution >= 0.6 is 11.3 Å². The maximum atomic E-state index is 3.60. The van der Waals surface area contributed by atoms with E-state index in [0.717, 1.165) is 13.0 Å². The SMILES string of the molecule is CCc1ccc(CN[C@@H](C)c2ccccc2C)s1. The van der Waals surface area contributed by atoms with Crippen LogP contribution in [0.3, 0.4) is 0 Å². The minimum atomic E-state index is 0.401. The van der Waals surface area contributed by atoms with Crippen molar-refractivity contribution in [1.29, 1.82) is 0 Å². The van der Waals surface area contributed by atoms with Crippen molar-refractivity contribution in [3.63, 3.8) is 0 Å². The van der Waals surface area contributed by atoms with Gasteiger partial charge in [0.25, 0.3) is 0 Å².